The van der Waals surface area contributed by atoms with Crippen molar-refractivity contribution >= 4 is 16.5 Å². The van der Waals surface area contributed by atoms with Gasteiger partial charge in [0, 0.05) is 18.8 Å². The fraction of sp³-hybridized carbons (Fsp3) is 0.333. The maximum Gasteiger partial charge on any atom is 0.231 e. The third-order valence-corrected chi connectivity index (χ3v) is 5.62. The quantitative estimate of drug-likeness (QED) is 0.754. The topological polar surface area (TPSA) is 61.2 Å². The summed E-state index contributed by atoms with van der Waals surface area (Å²) in [6.45, 7) is 3.34. The molecule has 2 aromatic heterocycles. The first-order valence-electron chi connectivity index (χ1n) is 8.43. The van der Waals surface area contributed by atoms with E-state index < -0.39 is 0 Å². The highest BCUT2D eigenvalue weighted by Crippen LogP contribution is 2.36. The minimum Gasteiger partial charge on any atom is -0.454 e. The number of ether oxygens (including phenoxy) is 2. The Balaban J connectivity index is 1.40. The first kappa shape index (κ1) is 14.8. The van der Waals surface area contributed by atoms with Crippen LogP contribution in [0.2, 0.25) is 0 Å². The SMILES string of the molecule is Cc1nc(NCC2CC2)sc1-c1ccn(-c2ccc3c(c2)OCO3)n1. The van der Waals surface area contributed by atoms with Crippen LogP contribution in [0.1, 0.15) is 18.5 Å². The Hall–Kier alpha value is -2.54. The van der Waals surface area contributed by atoms with Gasteiger partial charge in [-0.25, -0.2) is 9.67 Å². The van der Waals surface area contributed by atoms with E-state index in [1.165, 1.54) is 12.8 Å². The average molecular weight is 354 g/mol. The summed E-state index contributed by atoms with van der Waals surface area (Å²) in [6, 6.07) is 7.86. The fourth-order valence-corrected chi connectivity index (χ4v) is 3.82. The molecule has 1 fully saturated rings. The summed E-state index contributed by atoms with van der Waals surface area (Å²) in [7, 11) is 0. The number of thiazole rings is 1. The summed E-state index contributed by atoms with van der Waals surface area (Å²) in [5, 5.41) is 9.15. The number of hydrogen-bond donors (Lipinski definition) is 1. The van der Waals surface area contributed by atoms with Crippen molar-refractivity contribution in [3.8, 4) is 27.8 Å². The summed E-state index contributed by atoms with van der Waals surface area (Å²) in [4.78, 5) is 5.75. The van der Waals surface area contributed by atoms with E-state index in [2.05, 4.69) is 10.3 Å². The van der Waals surface area contributed by atoms with Crippen molar-refractivity contribution in [2.45, 2.75) is 19.8 Å². The molecule has 0 saturated heterocycles. The molecule has 1 aromatic carbocycles. The standard InChI is InChI=1S/C18H18N4O2S/c1-11-17(25-18(20-11)19-9-12-2-3-12)14-6-7-22(21-14)13-4-5-15-16(8-13)24-10-23-15/h4-8,12H,2-3,9-10H2,1H3,(H,19,20). The van der Waals surface area contributed by atoms with E-state index in [0.717, 1.165) is 51.0 Å². The second kappa shape index (κ2) is 5.77. The zero-order chi connectivity index (χ0) is 16.8. The van der Waals surface area contributed by atoms with Crippen LogP contribution in [0.5, 0.6) is 11.5 Å². The number of anilines is 1. The summed E-state index contributed by atoms with van der Waals surface area (Å²) < 4.78 is 12.7. The monoisotopic (exact) mass is 354 g/mol. The molecule has 6 nitrogen and oxygen atoms in total. The Morgan fingerprint density at radius 3 is 3.00 bits per heavy atom. The van der Waals surface area contributed by atoms with Crippen LogP contribution in [0.3, 0.4) is 0 Å². The highest BCUT2D eigenvalue weighted by Gasteiger charge is 2.22. The molecule has 0 bridgehead atoms. The predicted molar refractivity (Wildman–Crippen MR) is 96.7 cm³/mol. The van der Waals surface area contributed by atoms with Crippen LogP contribution < -0.4 is 14.8 Å². The Labute approximate surface area is 149 Å². The molecule has 25 heavy (non-hydrogen) atoms. The molecule has 1 aliphatic heterocycles. The third kappa shape index (κ3) is 2.84. The Bertz CT molecular complexity index is 929. The van der Waals surface area contributed by atoms with Gasteiger partial charge in [-0.1, -0.05) is 11.3 Å². The number of aryl methyl sites for hydroxylation is 1. The summed E-state index contributed by atoms with van der Waals surface area (Å²) in [5.74, 6) is 2.37. The molecule has 3 heterocycles. The zero-order valence-corrected chi connectivity index (χ0v) is 14.7. The lowest BCUT2D eigenvalue weighted by molar-refractivity contribution is 0.174. The Morgan fingerprint density at radius 2 is 2.12 bits per heavy atom. The van der Waals surface area contributed by atoms with E-state index in [1.807, 2.05) is 42.1 Å². The summed E-state index contributed by atoms with van der Waals surface area (Å²) >= 11 is 1.67. The van der Waals surface area contributed by atoms with Crippen LogP contribution in [0.4, 0.5) is 5.13 Å². The van der Waals surface area contributed by atoms with E-state index in [-0.39, 0.29) is 6.79 Å². The van der Waals surface area contributed by atoms with Crippen molar-refractivity contribution in [2.75, 3.05) is 18.7 Å². The normalized spacial score (nSPS) is 15.6. The van der Waals surface area contributed by atoms with Gasteiger partial charge < -0.3 is 14.8 Å². The fourth-order valence-electron chi connectivity index (χ4n) is 2.88. The molecule has 0 spiro atoms. The van der Waals surface area contributed by atoms with Gasteiger partial charge in [0.1, 0.15) is 5.69 Å². The molecule has 3 aromatic rings. The van der Waals surface area contributed by atoms with Crippen LogP contribution in [-0.4, -0.2) is 28.1 Å². The first-order chi connectivity index (χ1) is 12.3. The molecule has 1 N–H and O–H groups in total. The van der Waals surface area contributed by atoms with Crippen molar-refractivity contribution < 1.29 is 9.47 Å². The molecule has 7 heteroatoms. The number of nitrogens with one attached hydrogen (secondary N) is 1. The van der Waals surface area contributed by atoms with E-state index in [4.69, 9.17) is 14.6 Å². The lowest BCUT2D eigenvalue weighted by atomic mass is 10.3. The van der Waals surface area contributed by atoms with E-state index in [1.54, 1.807) is 11.3 Å². The van der Waals surface area contributed by atoms with Gasteiger partial charge in [-0.3, -0.25) is 0 Å². The van der Waals surface area contributed by atoms with Crippen LogP contribution >= 0.6 is 11.3 Å². The van der Waals surface area contributed by atoms with Gasteiger partial charge in [0.2, 0.25) is 6.79 Å². The molecule has 0 unspecified atom stereocenters. The van der Waals surface area contributed by atoms with Crippen molar-refractivity contribution in [1.82, 2.24) is 14.8 Å². The van der Waals surface area contributed by atoms with Crippen molar-refractivity contribution in [3.63, 3.8) is 0 Å². The first-order valence-corrected chi connectivity index (χ1v) is 9.25. The third-order valence-electron chi connectivity index (χ3n) is 4.48. The van der Waals surface area contributed by atoms with Crippen molar-refractivity contribution in [1.29, 1.82) is 0 Å². The highest BCUT2D eigenvalue weighted by atomic mass is 32.1. The molecular formula is C18H18N4O2S. The number of benzene rings is 1. The second-order valence-corrected chi connectivity index (χ2v) is 7.44. The van der Waals surface area contributed by atoms with Gasteiger partial charge in [-0.15, -0.1) is 0 Å². The maximum atomic E-state index is 5.45. The molecule has 2 aliphatic rings. The van der Waals surface area contributed by atoms with Crippen LogP contribution in [0, 0.1) is 12.8 Å². The molecule has 0 amide bonds. The van der Waals surface area contributed by atoms with Crippen molar-refractivity contribution in [3.05, 3.63) is 36.2 Å². The Kier molecular flexibility index (Phi) is 3.41. The maximum absolute atomic E-state index is 5.45. The van der Waals surface area contributed by atoms with Gasteiger partial charge in [0.05, 0.1) is 16.3 Å². The molecule has 1 aliphatic carbocycles. The minimum atomic E-state index is 0.278. The lowest BCUT2D eigenvalue weighted by Crippen LogP contribution is -2.02. The van der Waals surface area contributed by atoms with Crippen molar-refractivity contribution in [2.24, 2.45) is 5.92 Å². The number of rotatable bonds is 5. The smallest absolute Gasteiger partial charge is 0.231 e. The van der Waals surface area contributed by atoms with Crippen LogP contribution in [0.15, 0.2) is 30.5 Å². The Morgan fingerprint density at radius 1 is 1.24 bits per heavy atom. The van der Waals surface area contributed by atoms with Gasteiger partial charge in [0.25, 0.3) is 0 Å². The highest BCUT2D eigenvalue weighted by molar-refractivity contribution is 7.19. The zero-order valence-electron chi connectivity index (χ0n) is 13.9. The molecule has 128 valence electrons. The van der Waals surface area contributed by atoms with E-state index >= 15 is 0 Å². The number of hydrogen-bond acceptors (Lipinski definition) is 6. The molecule has 0 atom stereocenters. The van der Waals surface area contributed by atoms with Gasteiger partial charge >= 0.3 is 0 Å². The summed E-state index contributed by atoms with van der Waals surface area (Å²) in [5.41, 5.74) is 2.90. The number of fused-ring (bicyclic) bond motifs is 1. The number of aromatic nitrogens is 3. The van der Waals surface area contributed by atoms with Gasteiger partial charge in [-0.05, 0) is 43.9 Å². The average Bonchev–Trinajstić information content (AvgIpc) is 3.01. The molecule has 5 rings (SSSR count). The van der Waals surface area contributed by atoms with E-state index in [9.17, 15) is 0 Å². The van der Waals surface area contributed by atoms with Gasteiger partial charge in [0.15, 0.2) is 16.6 Å². The minimum absolute atomic E-state index is 0.278. The molecule has 0 radical (unpaired) electrons. The second-order valence-electron chi connectivity index (χ2n) is 6.44. The van der Waals surface area contributed by atoms with E-state index in [0.29, 0.717) is 0 Å². The predicted octanol–water partition coefficient (Wildman–Crippen LogP) is 3.85. The van der Waals surface area contributed by atoms with Gasteiger partial charge in [-0.2, -0.15) is 5.10 Å². The molecular weight excluding hydrogens is 336 g/mol. The number of nitrogens with zero attached hydrogens (tertiary/aromatic N) is 3. The van der Waals surface area contributed by atoms with Crippen LogP contribution in [0.25, 0.3) is 16.3 Å². The molecule has 1 saturated carbocycles. The summed E-state index contributed by atoms with van der Waals surface area (Å²) in [6.07, 6.45) is 4.64. The van der Waals surface area contributed by atoms with Crippen LogP contribution in [-0.2, 0) is 0 Å². The largest absolute Gasteiger partial charge is 0.454 e. The lowest BCUT2D eigenvalue weighted by Gasteiger charge is -2.02.